The van der Waals surface area contributed by atoms with Crippen LogP contribution in [-0.2, 0) is 21.9 Å². The van der Waals surface area contributed by atoms with E-state index >= 15 is 0 Å². The van der Waals surface area contributed by atoms with Crippen molar-refractivity contribution in [1.29, 1.82) is 0 Å². The average Bonchev–Trinajstić information content (AvgIpc) is 2.70. The van der Waals surface area contributed by atoms with Crippen LogP contribution in [0.3, 0.4) is 0 Å². The fourth-order valence-electron chi connectivity index (χ4n) is 2.15. The van der Waals surface area contributed by atoms with E-state index in [-0.39, 0.29) is 11.6 Å². The van der Waals surface area contributed by atoms with Gasteiger partial charge >= 0.3 is 5.97 Å². The molecule has 0 saturated carbocycles. The van der Waals surface area contributed by atoms with Gasteiger partial charge in [0, 0.05) is 26.3 Å². The van der Waals surface area contributed by atoms with Gasteiger partial charge in [-0.05, 0) is 19.8 Å². The normalized spacial score (nSPS) is 21.5. The van der Waals surface area contributed by atoms with Crippen molar-refractivity contribution in [3.63, 3.8) is 0 Å². The van der Waals surface area contributed by atoms with Crippen molar-refractivity contribution in [2.75, 3.05) is 13.1 Å². The largest absolute Gasteiger partial charge is 0.481 e. The van der Waals surface area contributed by atoms with Gasteiger partial charge < -0.3 is 9.67 Å². The minimum absolute atomic E-state index is 0.0152. The SMILES string of the molecule is Cc1nc(S(=O)(=O)N2CCC[C@@H](C(=O)O)C2)cn1C. The van der Waals surface area contributed by atoms with Crippen LogP contribution in [0.1, 0.15) is 18.7 Å². The van der Waals surface area contributed by atoms with Crippen LogP contribution in [0.5, 0.6) is 0 Å². The van der Waals surface area contributed by atoms with E-state index in [1.807, 2.05) is 0 Å². The minimum atomic E-state index is -3.69. The van der Waals surface area contributed by atoms with E-state index in [1.54, 1.807) is 18.5 Å². The lowest BCUT2D eigenvalue weighted by Gasteiger charge is -2.29. The number of carboxylic acids is 1. The molecule has 1 aliphatic heterocycles. The number of aromatic nitrogens is 2. The van der Waals surface area contributed by atoms with Gasteiger partial charge in [0.1, 0.15) is 5.82 Å². The Labute approximate surface area is 111 Å². The van der Waals surface area contributed by atoms with Gasteiger partial charge in [0.25, 0.3) is 10.0 Å². The monoisotopic (exact) mass is 287 g/mol. The lowest BCUT2D eigenvalue weighted by molar-refractivity contribution is -0.142. The van der Waals surface area contributed by atoms with Crippen molar-refractivity contribution < 1.29 is 18.3 Å². The Morgan fingerprint density at radius 2 is 2.21 bits per heavy atom. The molecule has 8 heteroatoms. The van der Waals surface area contributed by atoms with Crippen molar-refractivity contribution in [2.45, 2.75) is 24.8 Å². The molecule has 0 amide bonds. The Morgan fingerprint density at radius 1 is 1.53 bits per heavy atom. The van der Waals surface area contributed by atoms with E-state index in [4.69, 9.17) is 5.11 Å². The number of hydrogen-bond donors (Lipinski definition) is 1. The quantitative estimate of drug-likeness (QED) is 0.858. The van der Waals surface area contributed by atoms with Crippen LogP contribution < -0.4 is 0 Å². The van der Waals surface area contributed by atoms with E-state index in [1.165, 1.54) is 10.5 Å². The second-order valence-corrected chi connectivity index (χ2v) is 6.66. The van der Waals surface area contributed by atoms with Crippen LogP contribution in [0.4, 0.5) is 0 Å². The first-order valence-electron chi connectivity index (χ1n) is 6.05. The Kier molecular flexibility index (Phi) is 3.64. The van der Waals surface area contributed by atoms with Gasteiger partial charge in [-0.15, -0.1) is 0 Å². The molecule has 1 atom stereocenters. The molecule has 1 aromatic rings. The van der Waals surface area contributed by atoms with Gasteiger partial charge in [0.15, 0.2) is 5.03 Å². The maximum Gasteiger partial charge on any atom is 0.307 e. The highest BCUT2D eigenvalue weighted by molar-refractivity contribution is 7.89. The number of carbonyl (C=O) groups is 1. The topological polar surface area (TPSA) is 92.5 Å². The van der Waals surface area contributed by atoms with E-state index in [0.717, 1.165) is 0 Å². The number of piperidine rings is 1. The van der Waals surface area contributed by atoms with Gasteiger partial charge in [-0.1, -0.05) is 0 Å². The Bertz CT molecular complexity index is 574. The van der Waals surface area contributed by atoms with Crippen molar-refractivity contribution in [3.05, 3.63) is 12.0 Å². The summed E-state index contributed by atoms with van der Waals surface area (Å²) in [5.41, 5.74) is 0. The van der Waals surface area contributed by atoms with E-state index in [0.29, 0.717) is 25.2 Å². The van der Waals surface area contributed by atoms with E-state index in [9.17, 15) is 13.2 Å². The summed E-state index contributed by atoms with van der Waals surface area (Å²) < 4.78 is 27.6. The third-order valence-electron chi connectivity index (χ3n) is 3.42. The number of aryl methyl sites for hydroxylation is 2. The van der Waals surface area contributed by atoms with Crippen molar-refractivity contribution >= 4 is 16.0 Å². The summed E-state index contributed by atoms with van der Waals surface area (Å²) in [6.07, 6.45) is 2.53. The molecule has 1 aromatic heterocycles. The van der Waals surface area contributed by atoms with Crippen LogP contribution in [0.2, 0.25) is 0 Å². The van der Waals surface area contributed by atoms with Crippen LogP contribution in [0, 0.1) is 12.8 Å². The van der Waals surface area contributed by atoms with Gasteiger partial charge in [-0.25, -0.2) is 13.4 Å². The Morgan fingerprint density at radius 3 is 2.74 bits per heavy atom. The number of aliphatic carboxylic acids is 1. The number of hydrogen-bond acceptors (Lipinski definition) is 4. The highest BCUT2D eigenvalue weighted by Gasteiger charge is 2.34. The summed E-state index contributed by atoms with van der Waals surface area (Å²) in [7, 11) is -1.97. The number of carboxylic acid groups (broad SMARTS) is 1. The van der Waals surface area contributed by atoms with E-state index in [2.05, 4.69) is 4.98 Å². The second kappa shape index (κ2) is 4.93. The van der Waals surface area contributed by atoms with Crippen molar-refractivity contribution in [1.82, 2.24) is 13.9 Å². The highest BCUT2D eigenvalue weighted by Crippen LogP contribution is 2.23. The van der Waals surface area contributed by atoms with Gasteiger partial charge in [0.2, 0.25) is 0 Å². The smallest absolute Gasteiger partial charge is 0.307 e. The average molecular weight is 287 g/mol. The van der Waals surface area contributed by atoms with Gasteiger partial charge in [-0.3, -0.25) is 4.79 Å². The maximum absolute atomic E-state index is 12.4. The molecule has 2 rings (SSSR count). The van der Waals surface area contributed by atoms with Crippen LogP contribution >= 0.6 is 0 Å². The lowest BCUT2D eigenvalue weighted by atomic mass is 10.0. The number of rotatable bonds is 3. The second-order valence-electron chi connectivity index (χ2n) is 4.78. The molecular formula is C11H17N3O4S. The third kappa shape index (κ3) is 2.64. The summed E-state index contributed by atoms with van der Waals surface area (Å²) in [5.74, 6) is -0.976. The maximum atomic E-state index is 12.4. The first-order chi connectivity index (χ1) is 8.82. The molecule has 1 aliphatic rings. The van der Waals surface area contributed by atoms with Crippen molar-refractivity contribution in [3.8, 4) is 0 Å². The molecule has 0 unspecified atom stereocenters. The summed E-state index contributed by atoms with van der Waals surface area (Å²) in [6.45, 7) is 2.09. The highest BCUT2D eigenvalue weighted by atomic mass is 32.2. The van der Waals surface area contributed by atoms with Crippen LogP contribution in [0.15, 0.2) is 11.2 Å². The fourth-order valence-corrected chi connectivity index (χ4v) is 3.69. The first kappa shape index (κ1) is 14.0. The molecule has 0 aromatic carbocycles. The number of imidazole rings is 1. The lowest BCUT2D eigenvalue weighted by Crippen LogP contribution is -2.42. The van der Waals surface area contributed by atoms with Crippen LogP contribution in [0.25, 0.3) is 0 Å². The predicted octanol–water partition coefficient (Wildman–Crippen LogP) is 0.214. The number of sulfonamides is 1. The third-order valence-corrected chi connectivity index (χ3v) is 5.16. The zero-order valence-electron chi connectivity index (χ0n) is 10.9. The Hall–Kier alpha value is -1.41. The molecule has 1 N–H and O–H groups in total. The molecule has 0 bridgehead atoms. The molecule has 106 valence electrons. The van der Waals surface area contributed by atoms with Crippen molar-refractivity contribution in [2.24, 2.45) is 13.0 Å². The van der Waals surface area contributed by atoms with Gasteiger partial charge in [0.05, 0.1) is 5.92 Å². The molecule has 0 spiro atoms. The summed E-state index contributed by atoms with van der Waals surface area (Å²) in [5, 5.41) is 8.98. The zero-order valence-corrected chi connectivity index (χ0v) is 11.7. The first-order valence-corrected chi connectivity index (χ1v) is 7.49. The molecule has 7 nitrogen and oxygen atoms in total. The molecule has 0 radical (unpaired) electrons. The summed E-state index contributed by atoms with van der Waals surface area (Å²) in [4.78, 5) is 15.0. The van der Waals surface area contributed by atoms with Crippen LogP contribution in [-0.4, -0.2) is 46.4 Å². The van der Waals surface area contributed by atoms with Gasteiger partial charge in [-0.2, -0.15) is 4.31 Å². The molecule has 0 aliphatic carbocycles. The summed E-state index contributed by atoms with van der Waals surface area (Å²) in [6, 6.07) is 0. The summed E-state index contributed by atoms with van der Waals surface area (Å²) >= 11 is 0. The standard InChI is InChI=1S/C11H17N3O4S/c1-8-12-10(7-13(8)2)19(17,18)14-5-3-4-9(6-14)11(15)16/h7,9H,3-6H2,1-2H3,(H,15,16)/t9-/m1/s1. The molecular weight excluding hydrogens is 270 g/mol. The Balaban J connectivity index is 2.26. The zero-order chi connectivity index (χ0) is 14.2. The number of nitrogens with zero attached hydrogens (tertiary/aromatic N) is 3. The molecule has 1 fully saturated rings. The molecule has 1 saturated heterocycles. The minimum Gasteiger partial charge on any atom is -0.481 e. The molecule has 19 heavy (non-hydrogen) atoms. The fraction of sp³-hybridized carbons (Fsp3) is 0.636. The van der Waals surface area contributed by atoms with E-state index < -0.39 is 21.9 Å². The molecule has 2 heterocycles. The predicted molar refractivity (Wildman–Crippen MR) is 67.1 cm³/mol.